The number of benzene rings is 2. The molecule has 0 bridgehead atoms. The van der Waals surface area contributed by atoms with Gasteiger partial charge in [0.15, 0.2) is 0 Å². The highest BCUT2D eigenvalue weighted by atomic mass is 32.2. The molecule has 0 spiro atoms. The molecule has 29 heavy (non-hydrogen) atoms. The number of carboxylic acid groups (broad SMARTS) is 1. The molecule has 0 saturated carbocycles. The van der Waals surface area contributed by atoms with E-state index in [9.17, 15) is 14.3 Å². The van der Waals surface area contributed by atoms with Gasteiger partial charge in [-0.15, -0.1) is 0 Å². The lowest BCUT2D eigenvalue weighted by Crippen LogP contribution is -2.30. The molecule has 4 rings (SSSR count). The zero-order chi connectivity index (χ0) is 20.2. The Labute approximate surface area is 173 Å². The van der Waals surface area contributed by atoms with Crippen LogP contribution in [0.15, 0.2) is 70.7 Å². The Balaban J connectivity index is 1.50. The molecule has 3 aromatic rings. The van der Waals surface area contributed by atoms with Crippen LogP contribution >= 0.6 is 11.8 Å². The van der Waals surface area contributed by atoms with E-state index in [-0.39, 0.29) is 11.9 Å². The lowest BCUT2D eigenvalue weighted by molar-refractivity contribution is 0.0695. The number of carboxylic acids is 1. The van der Waals surface area contributed by atoms with Crippen LogP contribution in [0.1, 0.15) is 39.5 Å². The minimum absolute atomic E-state index is 0.160. The quantitative estimate of drug-likeness (QED) is 0.608. The van der Waals surface area contributed by atoms with E-state index in [0.29, 0.717) is 16.9 Å². The van der Waals surface area contributed by atoms with Crippen molar-refractivity contribution in [1.29, 1.82) is 0 Å². The molecule has 1 aromatic heterocycles. The van der Waals surface area contributed by atoms with Gasteiger partial charge in [-0.25, -0.2) is 9.18 Å². The molecule has 0 saturated heterocycles. The highest BCUT2D eigenvalue weighted by molar-refractivity contribution is 7.99. The first-order valence-electron chi connectivity index (χ1n) is 9.56. The van der Waals surface area contributed by atoms with Crippen molar-refractivity contribution < 1.29 is 14.3 Å². The standard InChI is InChI=1S/C23H21FN2O2S/c24-20-3-1-2-4-22(20)29-17-6-7-18-15(13-17)9-12-26-21(18)8-5-16-14-25-11-10-19(16)23(27)28/h1-4,6-7,10-11,13-14,21,26H,5,8-9,12H2,(H,27,28)/t21-/m0/s1. The van der Waals surface area contributed by atoms with Crippen molar-refractivity contribution in [2.75, 3.05) is 6.54 Å². The number of aryl methyl sites for hydroxylation is 1. The molecule has 1 aliphatic rings. The summed E-state index contributed by atoms with van der Waals surface area (Å²) < 4.78 is 13.9. The maximum Gasteiger partial charge on any atom is 0.336 e. The number of aromatic nitrogens is 1. The van der Waals surface area contributed by atoms with Crippen LogP contribution in [0.25, 0.3) is 0 Å². The second-order valence-corrected chi connectivity index (χ2v) is 8.14. The maximum absolute atomic E-state index is 13.9. The molecule has 2 heterocycles. The van der Waals surface area contributed by atoms with Gasteiger partial charge in [0.25, 0.3) is 0 Å². The number of pyridine rings is 1. The van der Waals surface area contributed by atoms with E-state index in [0.717, 1.165) is 29.8 Å². The zero-order valence-corrected chi connectivity index (χ0v) is 16.6. The van der Waals surface area contributed by atoms with Crippen molar-refractivity contribution in [3.05, 3.63) is 89.0 Å². The largest absolute Gasteiger partial charge is 0.478 e. The molecule has 0 unspecified atom stereocenters. The van der Waals surface area contributed by atoms with Crippen LogP contribution in [-0.4, -0.2) is 22.6 Å². The average Bonchev–Trinajstić information content (AvgIpc) is 2.74. The van der Waals surface area contributed by atoms with Gasteiger partial charge in [0.1, 0.15) is 5.82 Å². The molecular formula is C23H21FN2O2S. The first-order chi connectivity index (χ1) is 14.1. The number of nitrogens with one attached hydrogen (secondary N) is 1. The molecule has 0 aliphatic carbocycles. The van der Waals surface area contributed by atoms with Crippen LogP contribution in [0.2, 0.25) is 0 Å². The van der Waals surface area contributed by atoms with Crippen molar-refractivity contribution in [3.63, 3.8) is 0 Å². The van der Waals surface area contributed by atoms with Crippen molar-refractivity contribution in [1.82, 2.24) is 10.3 Å². The summed E-state index contributed by atoms with van der Waals surface area (Å²) in [5, 5.41) is 12.9. The van der Waals surface area contributed by atoms with Crippen molar-refractivity contribution in [2.24, 2.45) is 0 Å². The van der Waals surface area contributed by atoms with E-state index >= 15 is 0 Å². The van der Waals surface area contributed by atoms with Gasteiger partial charge < -0.3 is 10.4 Å². The number of halogens is 1. The highest BCUT2D eigenvalue weighted by Gasteiger charge is 2.21. The Morgan fingerprint density at radius 3 is 2.93 bits per heavy atom. The summed E-state index contributed by atoms with van der Waals surface area (Å²) in [5.74, 6) is -1.13. The number of fused-ring (bicyclic) bond motifs is 1. The first kappa shape index (κ1) is 19.6. The van der Waals surface area contributed by atoms with E-state index in [2.05, 4.69) is 22.4 Å². The lowest BCUT2D eigenvalue weighted by Gasteiger charge is -2.27. The van der Waals surface area contributed by atoms with Gasteiger partial charge in [-0.2, -0.15) is 0 Å². The number of carbonyl (C=O) groups is 1. The number of aromatic carboxylic acids is 1. The van der Waals surface area contributed by atoms with Crippen LogP contribution in [0.3, 0.4) is 0 Å². The second-order valence-electron chi connectivity index (χ2n) is 7.03. The molecular weight excluding hydrogens is 387 g/mol. The fraction of sp³-hybridized carbons (Fsp3) is 0.217. The predicted octanol–water partition coefficient (Wildman–Crippen LogP) is 4.89. The van der Waals surface area contributed by atoms with Gasteiger partial charge in [-0.1, -0.05) is 30.0 Å². The van der Waals surface area contributed by atoms with E-state index in [1.807, 2.05) is 12.1 Å². The molecule has 148 valence electrons. The van der Waals surface area contributed by atoms with Gasteiger partial charge in [-0.3, -0.25) is 4.98 Å². The molecule has 6 heteroatoms. The minimum atomic E-state index is -0.922. The molecule has 2 aromatic carbocycles. The van der Waals surface area contributed by atoms with Gasteiger partial charge >= 0.3 is 5.97 Å². The van der Waals surface area contributed by atoms with Crippen LogP contribution in [0, 0.1) is 5.82 Å². The van der Waals surface area contributed by atoms with E-state index in [1.165, 1.54) is 35.2 Å². The summed E-state index contributed by atoms with van der Waals surface area (Å²) in [5.41, 5.74) is 3.56. The summed E-state index contributed by atoms with van der Waals surface area (Å²) in [6.07, 6.45) is 5.50. The number of hydrogen-bond donors (Lipinski definition) is 2. The summed E-state index contributed by atoms with van der Waals surface area (Å²) in [6, 6.07) is 14.8. The molecule has 0 amide bonds. The van der Waals surface area contributed by atoms with Crippen molar-refractivity contribution >= 4 is 17.7 Å². The Hall–Kier alpha value is -2.70. The SMILES string of the molecule is O=C(O)c1ccncc1CC[C@@H]1NCCc2cc(Sc3ccccc3F)ccc21. The van der Waals surface area contributed by atoms with E-state index < -0.39 is 5.97 Å². The summed E-state index contributed by atoms with van der Waals surface area (Å²) >= 11 is 1.43. The van der Waals surface area contributed by atoms with E-state index in [4.69, 9.17) is 0 Å². The van der Waals surface area contributed by atoms with Crippen LogP contribution in [0.4, 0.5) is 4.39 Å². The molecule has 2 N–H and O–H groups in total. The number of rotatable bonds is 6. The Bertz CT molecular complexity index is 1040. The fourth-order valence-corrected chi connectivity index (χ4v) is 4.64. The lowest BCUT2D eigenvalue weighted by atomic mass is 9.90. The molecule has 1 aliphatic heterocycles. The molecule has 0 radical (unpaired) electrons. The third-order valence-electron chi connectivity index (χ3n) is 5.18. The summed E-state index contributed by atoms with van der Waals surface area (Å²) in [4.78, 5) is 17.1. The van der Waals surface area contributed by atoms with Crippen LogP contribution < -0.4 is 5.32 Å². The number of nitrogens with zero attached hydrogens (tertiary/aromatic N) is 1. The predicted molar refractivity (Wildman–Crippen MR) is 111 cm³/mol. The van der Waals surface area contributed by atoms with Gasteiger partial charge in [-0.05, 0) is 72.8 Å². The summed E-state index contributed by atoms with van der Waals surface area (Å²) in [7, 11) is 0. The molecule has 1 atom stereocenters. The smallest absolute Gasteiger partial charge is 0.336 e. The third-order valence-corrected chi connectivity index (χ3v) is 6.22. The Morgan fingerprint density at radius 1 is 1.24 bits per heavy atom. The van der Waals surface area contributed by atoms with Crippen molar-refractivity contribution in [3.8, 4) is 0 Å². The fourth-order valence-electron chi connectivity index (χ4n) is 3.74. The number of hydrogen-bond acceptors (Lipinski definition) is 4. The molecule has 0 fully saturated rings. The topological polar surface area (TPSA) is 62.2 Å². The van der Waals surface area contributed by atoms with Crippen molar-refractivity contribution in [2.45, 2.75) is 35.1 Å². The van der Waals surface area contributed by atoms with Crippen LogP contribution in [0.5, 0.6) is 0 Å². The third kappa shape index (κ3) is 4.49. The zero-order valence-electron chi connectivity index (χ0n) is 15.8. The first-order valence-corrected chi connectivity index (χ1v) is 10.4. The molecule has 4 nitrogen and oxygen atoms in total. The second kappa shape index (κ2) is 8.76. The van der Waals surface area contributed by atoms with Gasteiger partial charge in [0.2, 0.25) is 0 Å². The normalized spacial score (nSPS) is 15.7. The van der Waals surface area contributed by atoms with Gasteiger partial charge in [0, 0.05) is 28.2 Å². The minimum Gasteiger partial charge on any atom is -0.478 e. The summed E-state index contributed by atoms with van der Waals surface area (Å²) in [6.45, 7) is 0.865. The maximum atomic E-state index is 13.9. The Kier molecular flexibility index (Phi) is 5.92. The van der Waals surface area contributed by atoms with E-state index in [1.54, 1.807) is 24.4 Å². The van der Waals surface area contributed by atoms with Gasteiger partial charge in [0.05, 0.1) is 5.56 Å². The van der Waals surface area contributed by atoms with Crippen LogP contribution in [-0.2, 0) is 12.8 Å². The monoisotopic (exact) mass is 408 g/mol. The average molecular weight is 408 g/mol. The Morgan fingerprint density at radius 2 is 2.10 bits per heavy atom. The highest BCUT2D eigenvalue weighted by Crippen LogP contribution is 2.34.